The minimum Gasteiger partial charge on any atom is -0.481 e. The summed E-state index contributed by atoms with van der Waals surface area (Å²) in [6.07, 6.45) is 4.47. The molecule has 8 nitrogen and oxygen atoms in total. The quantitative estimate of drug-likeness (QED) is 0.203. The molecule has 0 amide bonds. The van der Waals surface area contributed by atoms with Crippen LogP contribution in [0.3, 0.4) is 0 Å². The van der Waals surface area contributed by atoms with Gasteiger partial charge in [-0.3, -0.25) is 14.5 Å². The lowest BCUT2D eigenvalue weighted by Gasteiger charge is -2.26. The van der Waals surface area contributed by atoms with Crippen molar-refractivity contribution in [1.82, 2.24) is 24.5 Å². The number of carboxylic acids is 1. The summed E-state index contributed by atoms with van der Waals surface area (Å²) in [5.74, 6) is -0.386. The van der Waals surface area contributed by atoms with Gasteiger partial charge in [0.2, 0.25) is 0 Å². The number of hydrogen-bond donors (Lipinski definition) is 2. The highest BCUT2D eigenvalue weighted by molar-refractivity contribution is 5.94. The largest absolute Gasteiger partial charge is 0.481 e. The molecule has 0 saturated heterocycles. The number of carbonyl (C=O) groups is 1. The molecule has 2 N–H and O–H groups in total. The highest BCUT2D eigenvalue weighted by atomic mass is 16.4. The number of aliphatic hydroxyl groups excluding tert-OH is 1. The van der Waals surface area contributed by atoms with Gasteiger partial charge in [-0.2, -0.15) is 10.2 Å². The molecule has 6 rings (SSSR count). The minimum absolute atomic E-state index is 0.235. The summed E-state index contributed by atoms with van der Waals surface area (Å²) >= 11 is 0. The summed E-state index contributed by atoms with van der Waals surface area (Å²) in [6, 6.07) is 20.0. The molecule has 3 aromatic heterocycles. The molecule has 1 aliphatic carbocycles. The number of aliphatic hydroxyl groups is 1. The van der Waals surface area contributed by atoms with Gasteiger partial charge in [0.15, 0.2) is 0 Å². The van der Waals surface area contributed by atoms with Crippen LogP contribution < -0.4 is 0 Å². The molecule has 1 fully saturated rings. The predicted molar refractivity (Wildman–Crippen MR) is 167 cm³/mol. The highest BCUT2D eigenvalue weighted by Gasteiger charge is 2.28. The smallest absolute Gasteiger partial charge is 0.306 e. The van der Waals surface area contributed by atoms with Crippen molar-refractivity contribution in [2.45, 2.75) is 77.9 Å². The minimum atomic E-state index is -0.684. The topological polar surface area (TPSA) is 106 Å². The number of fused-ring (bicyclic) bond motifs is 1. The van der Waals surface area contributed by atoms with Crippen LogP contribution in [0.25, 0.3) is 27.8 Å². The van der Waals surface area contributed by atoms with Crippen LogP contribution >= 0.6 is 0 Å². The lowest BCUT2D eigenvalue weighted by molar-refractivity contribution is -0.142. The van der Waals surface area contributed by atoms with Crippen molar-refractivity contribution in [2.24, 2.45) is 5.92 Å². The van der Waals surface area contributed by atoms with Crippen LogP contribution in [0.5, 0.6) is 0 Å². The molecule has 0 spiro atoms. The van der Waals surface area contributed by atoms with Crippen LogP contribution in [0.2, 0.25) is 0 Å². The van der Waals surface area contributed by atoms with E-state index in [0.29, 0.717) is 25.3 Å². The molecule has 0 unspecified atom stereocenters. The summed E-state index contributed by atoms with van der Waals surface area (Å²) in [7, 11) is 0. The van der Waals surface area contributed by atoms with Gasteiger partial charge in [0.25, 0.3) is 0 Å². The van der Waals surface area contributed by atoms with Crippen LogP contribution in [-0.4, -0.2) is 40.7 Å². The number of nitrogens with zero attached hydrogens (tertiary/aromatic N) is 5. The van der Waals surface area contributed by atoms with Crippen LogP contribution in [0.15, 0.2) is 66.9 Å². The third kappa shape index (κ3) is 5.59. The summed E-state index contributed by atoms with van der Waals surface area (Å²) in [5, 5.41) is 31.2. The average Bonchev–Trinajstić information content (AvgIpc) is 3.57. The molecule has 222 valence electrons. The van der Waals surface area contributed by atoms with E-state index in [9.17, 15) is 15.0 Å². The lowest BCUT2D eigenvalue weighted by Crippen LogP contribution is -2.21. The van der Waals surface area contributed by atoms with Gasteiger partial charge < -0.3 is 10.2 Å². The molecule has 1 atom stereocenters. The maximum Gasteiger partial charge on any atom is 0.306 e. The van der Waals surface area contributed by atoms with Crippen molar-refractivity contribution in [3.63, 3.8) is 0 Å². The van der Waals surface area contributed by atoms with Crippen LogP contribution in [0.4, 0.5) is 0 Å². The zero-order valence-electron chi connectivity index (χ0n) is 25.2. The molecule has 0 bridgehead atoms. The zero-order chi connectivity index (χ0) is 30.2. The third-order valence-electron chi connectivity index (χ3n) is 8.94. The molecule has 2 aromatic carbocycles. The van der Waals surface area contributed by atoms with Crippen molar-refractivity contribution in [3.8, 4) is 16.9 Å². The normalized spacial score (nSPS) is 17.9. The summed E-state index contributed by atoms with van der Waals surface area (Å²) in [5.41, 5.74) is 8.81. The molecule has 43 heavy (non-hydrogen) atoms. The van der Waals surface area contributed by atoms with Crippen LogP contribution in [0.1, 0.15) is 85.7 Å². The van der Waals surface area contributed by atoms with Crippen molar-refractivity contribution in [2.75, 3.05) is 0 Å². The molecule has 0 aliphatic heterocycles. The van der Waals surface area contributed by atoms with Gasteiger partial charge in [-0.05, 0) is 69.2 Å². The Morgan fingerprint density at radius 2 is 1.70 bits per heavy atom. The second-order valence-electron chi connectivity index (χ2n) is 12.2. The van der Waals surface area contributed by atoms with Gasteiger partial charge in [0.1, 0.15) is 0 Å². The first kappa shape index (κ1) is 28.8. The van der Waals surface area contributed by atoms with E-state index in [1.54, 1.807) is 0 Å². The predicted octanol–water partition coefficient (Wildman–Crippen LogP) is 7.12. The van der Waals surface area contributed by atoms with E-state index in [0.717, 1.165) is 63.3 Å². The van der Waals surface area contributed by atoms with Gasteiger partial charge in [-0.15, -0.1) is 0 Å². The molecule has 3 heterocycles. The molecule has 1 saturated carbocycles. The number of rotatable bonds is 8. The van der Waals surface area contributed by atoms with Crippen molar-refractivity contribution in [1.29, 1.82) is 0 Å². The fraction of sp³-hybridized carbons (Fsp3) is 0.371. The standard InChI is InChI=1S/C35H39N5O3/c1-21(2)33-23(4)40(31-18-17-29(36-22(31)3)24-13-15-26(16-14-24)35(42)43)38-34(33)27-11-8-12-30-28(27)19-39(37-30)20-32(41)25-9-6-5-7-10-25/h5-12,17-19,21,24,26,32,41H,13-16,20H2,1-4H3,(H,42,43)/t24?,26?,32-/m0/s1. The van der Waals surface area contributed by atoms with Gasteiger partial charge in [-0.25, -0.2) is 4.68 Å². The SMILES string of the molecule is Cc1nc(C2CCC(C(=O)O)CC2)ccc1-n1nc(-c2cccc3nn(C[C@H](O)c4ccccc4)cc23)c(C(C)C)c1C. The number of benzene rings is 2. The number of pyridine rings is 1. The Morgan fingerprint density at radius 3 is 2.37 bits per heavy atom. The summed E-state index contributed by atoms with van der Waals surface area (Å²) in [4.78, 5) is 16.4. The monoisotopic (exact) mass is 577 g/mol. The number of carboxylic acid groups (broad SMARTS) is 1. The third-order valence-corrected chi connectivity index (χ3v) is 8.94. The van der Waals surface area contributed by atoms with E-state index in [1.165, 1.54) is 5.56 Å². The second kappa shape index (κ2) is 11.8. The van der Waals surface area contributed by atoms with Crippen LogP contribution in [-0.2, 0) is 11.3 Å². The Balaban J connectivity index is 1.34. The van der Waals surface area contributed by atoms with Gasteiger partial charge in [-0.1, -0.05) is 56.3 Å². The first-order valence-corrected chi connectivity index (χ1v) is 15.2. The second-order valence-corrected chi connectivity index (χ2v) is 12.2. The Kier molecular flexibility index (Phi) is 7.88. The number of aromatic nitrogens is 5. The number of aryl methyl sites for hydroxylation is 1. The first-order valence-electron chi connectivity index (χ1n) is 15.2. The molecular formula is C35H39N5O3. The van der Waals surface area contributed by atoms with Gasteiger partial charge >= 0.3 is 5.97 Å². The molecular weight excluding hydrogens is 538 g/mol. The van der Waals surface area contributed by atoms with E-state index < -0.39 is 12.1 Å². The number of aliphatic carboxylic acids is 1. The van der Waals surface area contributed by atoms with E-state index in [1.807, 2.05) is 64.9 Å². The fourth-order valence-electron chi connectivity index (χ4n) is 6.65. The molecule has 5 aromatic rings. The van der Waals surface area contributed by atoms with E-state index in [-0.39, 0.29) is 11.8 Å². The molecule has 0 radical (unpaired) electrons. The van der Waals surface area contributed by atoms with Crippen molar-refractivity contribution < 1.29 is 15.0 Å². The molecule has 1 aliphatic rings. The maximum absolute atomic E-state index is 11.4. The molecule has 8 heteroatoms. The Bertz CT molecular complexity index is 1760. The zero-order valence-corrected chi connectivity index (χ0v) is 25.2. The lowest BCUT2D eigenvalue weighted by atomic mass is 9.80. The Hall–Kier alpha value is -4.30. The van der Waals surface area contributed by atoms with Gasteiger partial charge in [0, 0.05) is 40.0 Å². The van der Waals surface area contributed by atoms with E-state index in [2.05, 4.69) is 39.0 Å². The fourth-order valence-corrected chi connectivity index (χ4v) is 6.65. The van der Waals surface area contributed by atoms with Crippen LogP contribution in [0, 0.1) is 19.8 Å². The maximum atomic E-state index is 11.4. The van der Waals surface area contributed by atoms with Crippen molar-refractivity contribution >= 4 is 16.9 Å². The summed E-state index contributed by atoms with van der Waals surface area (Å²) < 4.78 is 3.84. The van der Waals surface area contributed by atoms with E-state index >= 15 is 0 Å². The highest BCUT2D eigenvalue weighted by Crippen LogP contribution is 2.38. The van der Waals surface area contributed by atoms with Crippen molar-refractivity contribution in [3.05, 3.63) is 95.1 Å². The van der Waals surface area contributed by atoms with Gasteiger partial charge in [0.05, 0.1) is 41.2 Å². The Morgan fingerprint density at radius 1 is 0.953 bits per heavy atom. The van der Waals surface area contributed by atoms with E-state index in [4.69, 9.17) is 15.2 Å². The Labute approximate surface area is 252 Å². The number of hydrogen-bond acceptors (Lipinski definition) is 5. The summed E-state index contributed by atoms with van der Waals surface area (Å²) in [6.45, 7) is 8.89. The first-order chi connectivity index (χ1) is 20.7. The average molecular weight is 578 g/mol.